The van der Waals surface area contributed by atoms with Crippen LogP contribution in [0.3, 0.4) is 0 Å². The van der Waals surface area contributed by atoms with Crippen LogP contribution in [0.2, 0.25) is 0 Å². The highest BCUT2D eigenvalue weighted by Gasteiger charge is 2.21. The second kappa shape index (κ2) is 7.10. The third-order valence-corrected chi connectivity index (χ3v) is 3.94. The number of nitrogens with one attached hydrogen (secondary N) is 1. The van der Waals surface area contributed by atoms with E-state index in [2.05, 4.69) is 5.32 Å². The molecule has 0 heterocycles. The Morgan fingerprint density at radius 1 is 1.28 bits per heavy atom. The molecule has 2 aliphatic carbocycles. The summed E-state index contributed by atoms with van der Waals surface area (Å²) in [5, 5.41) is 3.35. The number of ether oxygens (including phenoxy) is 1. The van der Waals surface area contributed by atoms with Crippen LogP contribution in [0.1, 0.15) is 38.5 Å². The van der Waals surface area contributed by atoms with E-state index < -0.39 is 0 Å². The summed E-state index contributed by atoms with van der Waals surface area (Å²) in [5.41, 5.74) is 0. The van der Waals surface area contributed by atoms with Gasteiger partial charge in [-0.25, -0.2) is 0 Å². The molecule has 0 radical (unpaired) electrons. The van der Waals surface area contributed by atoms with Gasteiger partial charge in [-0.3, -0.25) is 4.79 Å². The molecular formula is C14H26N2O2. The molecule has 0 spiro atoms. The molecule has 2 fully saturated rings. The van der Waals surface area contributed by atoms with Crippen molar-refractivity contribution >= 4 is 5.91 Å². The van der Waals surface area contributed by atoms with Crippen molar-refractivity contribution in [3.05, 3.63) is 0 Å². The van der Waals surface area contributed by atoms with Crippen LogP contribution in [0.15, 0.2) is 0 Å². The highest BCUT2D eigenvalue weighted by Crippen LogP contribution is 2.28. The monoisotopic (exact) mass is 254 g/mol. The smallest absolute Gasteiger partial charge is 0.236 e. The Bertz CT molecular complexity index is 261. The third kappa shape index (κ3) is 4.94. The van der Waals surface area contributed by atoms with Crippen molar-refractivity contribution in [2.75, 3.05) is 33.4 Å². The first kappa shape index (κ1) is 13.8. The van der Waals surface area contributed by atoms with E-state index in [4.69, 9.17) is 4.74 Å². The fourth-order valence-electron chi connectivity index (χ4n) is 2.36. The van der Waals surface area contributed by atoms with Crippen molar-refractivity contribution < 1.29 is 9.53 Å². The van der Waals surface area contributed by atoms with Crippen molar-refractivity contribution in [1.82, 2.24) is 10.2 Å². The SMILES string of the molecule is CN(CCOCC1CC1)C(=O)CNC1CCCC1. The number of hydrogen-bond acceptors (Lipinski definition) is 3. The number of carbonyl (C=O) groups excluding carboxylic acids is 1. The van der Waals surface area contributed by atoms with Gasteiger partial charge in [0.1, 0.15) is 0 Å². The van der Waals surface area contributed by atoms with Crippen molar-refractivity contribution in [3.8, 4) is 0 Å². The number of nitrogens with zero attached hydrogens (tertiary/aromatic N) is 1. The molecule has 0 aromatic heterocycles. The first-order valence-corrected chi connectivity index (χ1v) is 7.31. The van der Waals surface area contributed by atoms with Gasteiger partial charge in [-0.1, -0.05) is 12.8 Å². The normalized spacial score (nSPS) is 20.3. The Labute approximate surface area is 110 Å². The maximum Gasteiger partial charge on any atom is 0.236 e. The summed E-state index contributed by atoms with van der Waals surface area (Å²) >= 11 is 0. The molecule has 0 unspecified atom stereocenters. The van der Waals surface area contributed by atoms with E-state index in [1.54, 1.807) is 4.90 Å². The molecule has 0 atom stereocenters. The van der Waals surface area contributed by atoms with Crippen molar-refractivity contribution in [2.24, 2.45) is 5.92 Å². The van der Waals surface area contributed by atoms with E-state index in [-0.39, 0.29) is 5.91 Å². The minimum absolute atomic E-state index is 0.178. The second-order valence-electron chi connectivity index (χ2n) is 5.70. The van der Waals surface area contributed by atoms with Gasteiger partial charge in [-0.05, 0) is 31.6 Å². The highest BCUT2D eigenvalue weighted by atomic mass is 16.5. The topological polar surface area (TPSA) is 41.6 Å². The summed E-state index contributed by atoms with van der Waals surface area (Å²) in [6, 6.07) is 0.563. The number of likely N-dealkylation sites (N-methyl/N-ethyl adjacent to an activating group) is 1. The van der Waals surface area contributed by atoms with Gasteiger partial charge in [0, 0.05) is 26.2 Å². The van der Waals surface area contributed by atoms with Crippen molar-refractivity contribution in [1.29, 1.82) is 0 Å². The fraction of sp³-hybridized carbons (Fsp3) is 0.929. The molecule has 18 heavy (non-hydrogen) atoms. The summed E-state index contributed by atoms with van der Waals surface area (Å²) in [5.74, 6) is 0.979. The van der Waals surface area contributed by atoms with Gasteiger partial charge < -0.3 is 15.0 Å². The van der Waals surface area contributed by atoms with E-state index in [1.807, 2.05) is 7.05 Å². The molecule has 4 nitrogen and oxygen atoms in total. The van der Waals surface area contributed by atoms with Crippen LogP contribution in [0, 0.1) is 5.92 Å². The Balaban J connectivity index is 1.49. The molecule has 104 valence electrons. The van der Waals surface area contributed by atoms with E-state index >= 15 is 0 Å². The lowest BCUT2D eigenvalue weighted by molar-refractivity contribution is -0.129. The maximum atomic E-state index is 11.8. The van der Waals surface area contributed by atoms with Crippen molar-refractivity contribution in [2.45, 2.75) is 44.6 Å². The quantitative estimate of drug-likeness (QED) is 0.666. The first-order valence-electron chi connectivity index (χ1n) is 7.31. The predicted octanol–water partition coefficient (Wildman–Crippen LogP) is 1.40. The Morgan fingerprint density at radius 2 is 2.00 bits per heavy atom. The van der Waals surface area contributed by atoms with Gasteiger partial charge in [0.15, 0.2) is 0 Å². The van der Waals surface area contributed by atoms with Crippen LogP contribution in [0.4, 0.5) is 0 Å². The summed E-state index contributed by atoms with van der Waals surface area (Å²) < 4.78 is 5.54. The minimum Gasteiger partial charge on any atom is -0.379 e. The molecule has 2 aliphatic rings. The maximum absolute atomic E-state index is 11.8. The zero-order valence-corrected chi connectivity index (χ0v) is 11.5. The highest BCUT2D eigenvalue weighted by molar-refractivity contribution is 5.77. The number of amides is 1. The summed E-state index contributed by atoms with van der Waals surface area (Å²) in [6.07, 6.45) is 7.69. The molecule has 0 aromatic rings. The molecule has 1 N–H and O–H groups in total. The van der Waals surface area contributed by atoms with E-state index in [0.717, 1.165) is 12.5 Å². The van der Waals surface area contributed by atoms with Crippen LogP contribution in [0.25, 0.3) is 0 Å². The second-order valence-corrected chi connectivity index (χ2v) is 5.70. The van der Waals surface area contributed by atoms with Crippen molar-refractivity contribution in [3.63, 3.8) is 0 Å². The Kier molecular flexibility index (Phi) is 5.45. The van der Waals surface area contributed by atoms with Crippen LogP contribution in [0.5, 0.6) is 0 Å². The number of hydrogen-bond donors (Lipinski definition) is 1. The summed E-state index contributed by atoms with van der Waals surface area (Å²) in [4.78, 5) is 13.6. The van der Waals surface area contributed by atoms with Crippen LogP contribution >= 0.6 is 0 Å². The van der Waals surface area contributed by atoms with Gasteiger partial charge in [0.25, 0.3) is 0 Å². The molecule has 2 rings (SSSR count). The Morgan fingerprint density at radius 3 is 2.67 bits per heavy atom. The van der Waals surface area contributed by atoms with E-state index in [9.17, 15) is 4.79 Å². The minimum atomic E-state index is 0.178. The zero-order valence-electron chi connectivity index (χ0n) is 11.5. The molecule has 1 amide bonds. The molecule has 0 bridgehead atoms. The van der Waals surface area contributed by atoms with Gasteiger partial charge in [0.05, 0.1) is 13.2 Å². The van der Waals surface area contributed by atoms with E-state index in [1.165, 1.54) is 38.5 Å². The average Bonchev–Trinajstić information content (AvgIpc) is 3.05. The average molecular weight is 254 g/mol. The molecule has 0 aromatic carbocycles. The Hall–Kier alpha value is -0.610. The lowest BCUT2D eigenvalue weighted by atomic mass is 10.2. The first-order chi connectivity index (χ1) is 8.75. The molecular weight excluding hydrogens is 228 g/mol. The lowest BCUT2D eigenvalue weighted by Gasteiger charge is -2.19. The fourth-order valence-corrected chi connectivity index (χ4v) is 2.36. The standard InChI is InChI=1S/C14H26N2O2/c1-16(8-9-18-11-12-6-7-12)14(17)10-15-13-4-2-3-5-13/h12-13,15H,2-11H2,1H3. The van der Waals surface area contributed by atoms with Gasteiger partial charge >= 0.3 is 0 Å². The molecule has 4 heteroatoms. The van der Waals surface area contributed by atoms with Crippen LogP contribution in [-0.4, -0.2) is 50.2 Å². The largest absolute Gasteiger partial charge is 0.379 e. The number of carbonyl (C=O) groups is 1. The van der Waals surface area contributed by atoms with E-state index in [0.29, 0.717) is 25.7 Å². The van der Waals surface area contributed by atoms with Gasteiger partial charge in [0.2, 0.25) is 5.91 Å². The molecule has 0 aliphatic heterocycles. The predicted molar refractivity (Wildman–Crippen MR) is 71.4 cm³/mol. The summed E-state index contributed by atoms with van der Waals surface area (Å²) in [7, 11) is 1.86. The van der Waals surface area contributed by atoms with Gasteiger partial charge in [-0.2, -0.15) is 0 Å². The number of rotatable bonds is 8. The molecule has 0 saturated heterocycles. The third-order valence-electron chi connectivity index (χ3n) is 3.94. The van der Waals surface area contributed by atoms with Gasteiger partial charge in [-0.15, -0.1) is 0 Å². The van der Waals surface area contributed by atoms with Crippen LogP contribution in [-0.2, 0) is 9.53 Å². The summed E-state index contributed by atoms with van der Waals surface area (Å²) in [6.45, 7) is 2.73. The lowest BCUT2D eigenvalue weighted by Crippen LogP contribution is -2.40. The zero-order chi connectivity index (χ0) is 12.8. The van der Waals surface area contributed by atoms with Crippen LogP contribution < -0.4 is 5.32 Å². The molecule has 2 saturated carbocycles.